The molecule has 1 aromatic heterocycles. The maximum atomic E-state index is 10.8. The fourth-order valence-corrected chi connectivity index (χ4v) is 1.37. The highest BCUT2D eigenvalue weighted by Crippen LogP contribution is 2.18. The average Bonchev–Trinajstić information content (AvgIpc) is 2.01. The van der Waals surface area contributed by atoms with Crippen molar-refractivity contribution >= 4 is 10.0 Å². The van der Waals surface area contributed by atoms with E-state index in [-0.39, 0.29) is 5.03 Å². The molecule has 0 fully saturated rings. The highest BCUT2D eigenvalue weighted by Gasteiger charge is 2.17. The number of aliphatic hydroxyl groups is 1. The van der Waals surface area contributed by atoms with Crippen LogP contribution in [0.4, 0.5) is 0 Å². The molecular weight excluding hydrogens is 204 g/mol. The van der Waals surface area contributed by atoms with Gasteiger partial charge in [0.1, 0.15) is 0 Å². The summed E-state index contributed by atoms with van der Waals surface area (Å²) in [4.78, 5) is 3.64. The Labute approximate surface area is 82.6 Å². The zero-order valence-corrected chi connectivity index (χ0v) is 8.75. The van der Waals surface area contributed by atoms with E-state index in [0.717, 1.165) is 0 Å². The highest BCUT2D eigenvalue weighted by molar-refractivity contribution is 7.89. The molecule has 1 heterocycles. The fourth-order valence-electron chi connectivity index (χ4n) is 0.910. The smallest absolute Gasteiger partial charge is 0.255 e. The fraction of sp³-hybridized carbons (Fsp3) is 0.375. The number of nitrogens with two attached hydrogens (primary N) is 1. The lowest BCUT2D eigenvalue weighted by Crippen LogP contribution is -2.18. The van der Waals surface area contributed by atoms with Gasteiger partial charge < -0.3 is 5.11 Å². The number of rotatable bonds is 2. The van der Waals surface area contributed by atoms with Gasteiger partial charge in [0.05, 0.1) is 5.60 Å². The van der Waals surface area contributed by atoms with Crippen LogP contribution in [0.3, 0.4) is 0 Å². The van der Waals surface area contributed by atoms with Crippen molar-refractivity contribution in [1.82, 2.24) is 4.98 Å². The summed E-state index contributed by atoms with van der Waals surface area (Å²) in [5.74, 6) is 0. The lowest BCUT2D eigenvalue weighted by molar-refractivity contribution is 0.0781. The van der Waals surface area contributed by atoms with Gasteiger partial charge in [-0.25, -0.2) is 18.5 Å². The van der Waals surface area contributed by atoms with Crippen molar-refractivity contribution in [3.63, 3.8) is 0 Å². The van der Waals surface area contributed by atoms with Gasteiger partial charge in [-0.2, -0.15) is 0 Å². The molecule has 0 aliphatic rings. The molecule has 0 aliphatic heterocycles. The standard InChI is InChI=1S/C8H12N2O3S/c1-8(2,11)6-3-4-7(10-5-6)14(9,12)13/h3-5,11H,1-2H3,(H2,9,12,13). The van der Waals surface area contributed by atoms with Crippen LogP contribution in [0.5, 0.6) is 0 Å². The van der Waals surface area contributed by atoms with E-state index in [1.165, 1.54) is 18.3 Å². The number of pyridine rings is 1. The van der Waals surface area contributed by atoms with Crippen LogP contribution < -0.4 is 5.14 Å². The molecule has 0 bridgehead atoms. The molecule has 0 amide bonds. The third kappa shape index (κ3) is 2.50. The summed E-state index contributed by atoms with van der Waals surface area (Å²) in [6, 6.07) is 2.75. The molecule has 0 spiro atoms. The van der Waals surface area contributed by atoms with Crippen LogP contribution in [0.15, 0.2) is 23.4 Å². The third-order valence-corrected chi connectivity index (χ3v) is 2.56. The van der Waals surface area contributed by atoms with Gasteiger partial charge >= 0.3 is 0 Å². The predicted octanol–water partition coefficient (Wildman–Crippen LogP) is -0.0436. The van der Waals surface area contributed by atoms with Crippen molar-refractivity contribution in [3.8, 4) is 0 Å². The number of sulfonamides is 1. The highest BCUT2D eigenvalue weighted by atomic mass is 32.2. The van der Waals surface area contributed by atoms with Gasteiger partial charge in [0.25, 0.3) is 10.0 Å². The van der Waals surface area contributed by atoms with Gasteiger partial charge in [0.2, 0.25) is 0 Å². The molecule has 3 N–H and O–H groups in total. The van der Waals surface area contributed by atoms with Crippen LogP contribution in [0.2, 0.25) is 0 Å². The van der Waals surface area contributed by atoms with Gasteiger partial charge in [-0.05, 0) is 19.9 Å². The van der Waals surface area contributed by atoms with Crippen molar-refractivity contribution in [2.45, 2.75) is 24.5 Å². The molecule has 1 rings (SSSR count). The normalized spacial score (nSPS) is 12.9. The molecule has 1 aromatic rings. The number of nitrogens with zero attached hydrogens (tertiary/aromatic N) is 1. The summed E-state index contributed by atoms with van der Waals surface area (Å²) in [7, 11) is -3.76. The van der Waals surface area contributed by atoms with Crippen LogP contribution in [0.1, 0.15) is 19.4 Å². The van der Waals surface area contributed by atoms with Gasteiger partial charge in [-0.15, -0.1) is 0 Å². The van der Waals surface area contributed by atoms with Crippen LogP contribution >= 0.6 is 0 Å². The van der Waals surface area contributed by atoms with Crippen molar-refractivity contribution in [2.75, 3.05) is 0 Å². The maximum absolute atomic E-state index is 10.8. The second-order valence-corrected chi connectivity index (χ2v) is 5.00. The SMILES string of the molecule is CC(C)(O)c1ccc(S(N)(=O)=O)nc1. The molecule has 0 saturated carbocycles. The van der Waals surface area contributed by atoms with Crippen LogP contribution in [0, 0.1) is 0 Å². The predicted molar refractivity (Wildman–Crippen MR) is 50.9 cm³/mol. The Morgan fingerprint density at radius 2 is 2.00 bits per heavy atom. The Morgan fingerprint density at radius 3 is 2.29 bits per heavy atom. The summed E-state index contributed by atoms with van der Waals surface area (Å²) in [6.07, 6.45) is 1.29. The average molecular weight is 216 g/mol. The topological polar surface area (TPSA) is 93.3 Å². The quantitative estimate of drug-likeness (QED) is 0.725. The first kappa shape index (κ1) is 11.1. The zero-order chi connectivity index (χ0) is 11.0. The van der Waals surface area contributed by atoms with E-state index in [2.05, 4.69) is 4.98 Å². The minimum Gasteiger partial charge on any atom is -0.386 e. The molecule has 0 aromatic carbocycles. The summed E-state index contributed by atoms with van der Waals surface area (Å²) >= 11 is 0. The van der Waals surface area contributed by atoms with E-state index in [0.29, 0.717) is 5.56 Å². The van der Waals surface area contributed by atoms with Crippen LogP contribution in [-0.2, 0) is 15.6 Å². The molecule has 0 atom stereocenters. The third-order valence-electron chi connectivity index (χ3n) is 1.73. The summed E-state index contributed by atoms with van der Waals surface area (Å²) in [5.41, 5.74) is -0.505. The Morgan fingerprint density at radius 1 is 1.43 bits per heavy atom. The molecule has 14 heavy (non-hydrogen) atoms. The zero-order valence-electron chi connectivity index (χ0n) is 7.93. The minimum atomic E-state index is -3.76. The van der Waals surface area contributed by atoms with E-state index in [4.69, 9.17) is 5.14 Å². The van der Waals surface area contributed by atoms with E-state index in [1.807, 2.05) is 0 Å². The monoisotopic (exact) mass is 216 g/mol. The minimum absolute atomic E-state index is 0.203. The second kappa shape index (κ2) is 3.30. The van der Waals surface area contributed by atoms with Crippen molar-refractivity contribution in [3.05, 3.63) is 23.9 Å². The molecule has 0 unspecified atom stereocenters. The first-order valence-corrected chi connectivity index (χ1v) is 5.47. The molecule has 5 nitrogen and oxygen atoms in total. The van der Waals surface area contributed by atoms with Crippen LogP contribution in [0.25, 0.3) is 0 Å². The van der Waals surface area contributed by atoms with Gasteiger partial charge in [-0.1, -0.05) is 6.07 Å². The molecular formula is C8H12N2O3S. The Kier molecular flexibility index (Phi) is 2.62. The molecule has 6 heteroatoms. The first-order chi connectivity index (χ1) is 6.21. The summed E-state index contributed by atoms with van der Waals surface area (Å²) in [6.45, 7) is 3.17. The summed E-state index contributed by atoms with van der Waals surface area (Å²) < 4.78 is 21.7. The van der Waals surface area contributed by atoms with E-state index >= 15 is 0 Å². The van der Waals surface area contributed by atoms with E-state index in [1.54, 1.807) is 13.8 Å². The molecule has 0 radical (unpaired) electrons. The Hall–Kier alpha value is -0.980. The van der Waals surface area contributed by atoms with Gasteiger partial charge in [0, 0.05) is 11.8 Å². The number of primary sulfonamides is 1. The lowest BCUT2D eigenvalue weighted by Gasteiger charge is -2.16. The molecule has 0 saturated heterocycles. The number of hydrogen-bond acceptors (Lipinski definition) is 4. The van der Waals surface area contributed by atoms with E-state index < -0.39 is 15.6 Å². The van der Waals surface area contributed by atoms with Crippen molar-refractivity contribution in [2.24, 2.45) is 5.14 Å². The first-order valence-electron chi connectivity index (χ1n) is 3.93. The van der Waals surface area contributed by atoms with Gasteiger partial charge in [-0.3, -0.25) is 0 Å². The Balaban J connectivity index is 3.14. The molecule has 78 valence electrons. The van der Waals surface area contributed by atoms with Crippen LogP contribution in [-0.4, -0.2) is 18.5 Å². The van der Waals surface area contributed by atoms with Crippen molar-refractivity contribution < 1.29 is 13.5 Å². The number of hydrogen-bond donors (Lipinski definition) is 2. The van der Waals surface area contributed by atoms with Crippen molar-refractivity contribution in [1.29, 1.82) is 0 Å². The number of aromatic nitrogens is 1. The Bertz CT molecular complexity index is 417. The molecule has 0 aliphatic carbocycles. The maximum Gasteiger partial charge on any atom is 0.255 e. The second-order valence-electron chi connectivity index (χ2n) is 3.49. The lowest BCUT2D eigenvalue weighted by atomic mass is 10.0. The largest absolute Gasteiger partial charge is 0.386 e. The summed E-state index contributed by atoms with van der Waals surface area (Å²) in [5, 5.41) is 14.2. The van der Waals surface area contributed by atoms with E-state index in [9.17, 15) is 13.5 Å². The van der Waals surface area contributed by atoms with Gasteiger partial charge in [0.15, 0.2) is 5.03 Å².